The van der Waals surface area contributed by atoms with Gasteiger partial charge in [0, 0.05) is 36.3 Å². The summed E-state index contributed by atoms with van der Waals surface area (Å²) in [4.78, 5) is 20.0. The molecule has 3 aromatic carbocycles. The van der Waals surface area contributed by atoms with Crippen LogP contribution in [-0.2, 0) is 28.8 Å². The van der Waals surface area contributed by atoms with Gasteiger partial charge in [0.25, 0.3) is 0 Å². The number of benzene rings is 3. The minimum atomic E-state index is 0.0862. The molecule has 0 radical (unpaired) electrons. The highest BCUT2D eigenvalue weighted by atomic mass is 35.5. The van der Waals surface area contributed by atoms with Crippen LogP contribution in [0.15, 0.2) is 79.3 Å². The largest absolute Gasteiger partial charge is 0.493 e. The van der Waals surface area contributed by atoms with E-state index in [4.69, 9.17) is 25.8 Å². The summed E-state index contributed by atoms with van der Waals surface area (Å²) < 4.78 is 17.4. The summed E-state index contributed by atoms with van der Waals surface area (Å²) in [6.45, 7) is 1.83. The number of hydrogen-bond acceptors (Lipinski definition) is 5. The van der Waals surface area contributed by atoms with Crippen LogP contribution in [0.3, 0.4) is 0 Å². The van der Waals surface area contributed by atoms with Crippen LogP contribution in [0.5, 0.6) is 11.5 Å². The number of carbonyl (C=O) groups excluding carboxylic acids is 1. The number of carbonyl (C=O) groups is 1. The smallest absolute Gasteiger partial charge is 0.141 e. The zero-order chi connectivity index (χ0) is 25.5. The number of nitrogens with one attached hydrogen (secondary N) is 1. The van der Waals surface area contributed by atoms with E-state index in [1.165, 1.54) is 0 Å². The van der Waals surface area contributed by atoms with Gasteiger partial charge in [-0.1, -0.05) is 48.0 Å². The van der Waals surface area contributed by atoms with E-state index in [2.05, 4.69) is 9.97 Å². The highest BCUT2D eigenvalue weighted by Gasteiger charge is 2.17. The molecule has 0 bridgehead atoms. The molecule has 4 aromatic rings. The molecule has 1 fully saturated rings. The molecule has 0 saturated carbocycles. The van der Waals surface area contributed by atoms with Gasteiger partial charge in [0.15, 0.2) is 0 Å². The van der Waals surface area contributed by atoms with Crippen LogP contribution in [0, 0.1) is 0 Å². The Morgan fingerprint density at radius 1 is 1.05 bits per heavy atom. The van der Waals surface area contributed by atoms with Crippen molar-refractivity contribution in [3.8, 4) is 22.8 Å². The van der Waals surface area contributed by atoms with Crippen molar-refractivity contribution in [2.24, 2.45) is 0 Å². The molecule has 190 valence electrons. The van der Waals surface area contributed by atoms with Crippen molar-refractivity contribution in [3.05, 3.63) is 101 Å². The predicted octanol–water partition coefficient (Wildman–Crippen LogP) is 5.87. The Balaban J connectivity index is 1.14. The van der Waals surface area contributed by atoms with Gasteiger partial charge < -0.3 is 19.2 Å². The molecule has 6 nitrogen and oxygen atoms in total. The summed E-state index contributed by atoms with van der Waals surface area (Å²) >= 11 is 6.56. The molecule has 1 saturated heterocycles. The summed E-state index contributed by atoms with van der Waals surface area (Å²) in [5.74, 6) is 1.70. The highest BCUT2D eigenvalue weighted by molar-refractivity contribution is 6.31. The van der Waals surface area contributed by atoms with Crippen LogP contribution in [0.25, 0.3) is 11.3 Å². The van der Waals surface area contributed by atoms with E-state index in [0.717, 1.165) is 52.5 Å². The van der Waals surface area contributed by atoms with Crippen molar-refractivity contribution >= 4 is 17.4 Å². The fourth-order valence-corrected chi connectivity index (χ4v) is 4.74. The summed E-state index contributed by atoms with van der Waals surface area (Å²) in [6.07, 6.45) is 5.74. The van der Waals surface area contributed by atoms with E-state index in [1.54, 1.807) is 12.5 Å². The molecule has 5 rings (SSSR count). The van der Waals surface area contributed by atoms with E-state index in [-0.39, 0.29) is 11.9 Å². The zero-order valence-corrected chi connectivity index (χ0v) is 21.2. The van der Waals surface area contributed by atoms with Gasteiger partial charge in [0.05, 0.1) is 38.0 Å². The minimum absolute atomic E-state index is 0.0862. The first-order valence-electron chi connectivity index (χ1n) is 12.5. The maximum Gasteiger partial charge on any atom is 0.141 e. The van der Waals surface area contributed by atoms with Crippen molar-refractivity contribution in [1.29, 1.82) is 0 Å². The number of hydrogen-bond donors (Lipinski definition) is 1. The second-order valence-corrected chi connectivity index (χ2v) is 9.54. The number of rotatable bonds is 11. The average molecular weight is 517 g/mol. The third-order valence-corrected chi connectivity index (χ3v) is 6.67. The zero-order valence-electron chi connectivity index (χ0n) is 20.5. The van der Waals surface area contributed by atoms with E-state index in [9.17, 15) is 4.79 Å². The van der Waals surface area contributed by atoms with E-state index in [1.807, 2.05) is 66.7 Å². The molecule has 0 spiro atoms. The Morgan fingerprint density at radius 2 is 1.92 bits per heavy atom. The first-order chi connectivity index (χ1) is 18.1. The monoisotopic (exact) mass is 516 g/mol. The van der Waals surface area contributed by atoms with Gasteiger partial charge in [-0.15, -0.1) is 0 Å². The number of nitrogens with zero attached hydrogens (tertiary/aromatic N) is 1. The van der Waals surface area contributed by atoms with Crippen LogP contribution >= 0.6 is 11.6 Å². The average Bonchev–Trinajstić information content (AvgIpc) is 3.61. The summed E-state index contributed by atoms with van der Waals surface area (Å²) in [5.41, 5.74) is 4.70. The molecule has 0 amide bonds. The molecular formula is C30H29ClN2O4. The third kappa shape index (κ3) is 6.79. The third-order valence-electron chi connectivity index (χ3n) is 6.31. The van der Waals surface area contributed by atoms with Gasteiger partial charge in [-0.05, 0) is 47.0 Å². The number of ether oxygens (including phenoxy) is 3. The van der Waals surface area contributed by atoms with Gasteiger partial charge in [-0.3, -0.25) is 4.79 Å². The lowest BCUT2D eigenvalue weighted by atomic mass is 10.0. The SMILES string of the molecule is O=C(Cc1cccc(OC2CCOC2)c1)Cc1ccc(CCOc2ccccc2-c2cnc[nH]2)c(Cl)c1. The fraction of sp³-hybridized carbons (Fsp3) is 0.267. The second kappa shape index (κ2) is 12.1. The molecule has 1 unspecified atom stereocenters. The number of ketones is 1. The van der Waals surface area contributed by atoms with Gasteiger partial charge in [0.1, 0.15) is 23.4 Å². The maximum atomic E-state index is 12.8. The van der Waals surface area contributed by atoms with Crippen LogP contribution in [0.1, 0.15) is 23.1 Å². The lowest BCUT2D eigenvalue weighted by Gasteiger charge is -2.13. The van der Waals surface area contributed by atoms with Crippen molar-refractivity contribution in [3.63, 3.8) is 0 Å². The molecular weight excluding hydrogens is 488 g/mol. The molecule has 1 aliphatic rings. The standard InChI is InChI=1S/C30H29ClN2O4/c31-28-17-22(15-24(34)14-21-4-3-5-25(16-21)37-26-11-12-35-19-26)8-9-23(28)10-13-36-30-7-2-1-6-27(30)29-18-32-20-33-29/h1-9,16-18,20,26H,10-15,19H2,(H,32,33). The molecule has 1 aromatic heterocycles. The predicted molar refractivity (Wildman–Crippen MR) is 143 cm³/mol. The van der Waals surface area contributed by atoms with Crippen molar-refractivity contribution in [1.82, 2.24) is 9.97 Å². The Bertz CT molecular complexity index is 1330. The Kier molecular flexibility index (Phi) is 8.18. The Morgan fingerprint density at radius 3 is 2.70 bits per heavy atom. The fourth-order valence-electron chi connectivity index (χ4n) is 4.44. The Labute approximate surface area is 221 Å². The molecule has 37 heavy (non-hydrogen) atoms. The van der Waals surface area contributed by atoms with E-state index < -0.39 is 0 Å². The molecule has 1 aliphatic heterocycles. The second-order valence-electron chi connectivity index (χ2n) is 9.13. The van der Waals surface area contributed by atoms with E-state index >= 15 is 0 Å². The number of H-pyrrole nitrogens is 1. The van der Waals surface area contributed by atoms with Crippen LogP contribution in [0.4, 0.5) is 0 Å². The summed E-state index contributed by atoms with van der Waals surface area (Å²) in [6, 6.07) is 21.4. The number of imidazole rings is 1. The Hall–Kier alpha value is -3.61. The molecule has 2 heterocycles. The molecule has 1 N–H and O–H groups in total. The van der Waals surface area contributed by atoms with Gasteiger partial charge in [-0.25, -0.2) is 4.98 Å². The topological polar surface area (TPSA) is 73.4 Å². The van der Waals surface area contributed by atoms with Gasteiger partial charge in [-0.2, -0.15) is 0 Å². The molecule has 7 heteroatoms. The number of aromatic amines is 1. The van der Waals surface area contributed by atoms with Crippen molar-refractivity contribution in [2.75, 3.05) is 19.8 Å². The van der Waals surface area contributed by atoms with Crippen LogP contribution in [-0.4, -0.2) is 41.7 Å². The minimum Gasteiger partial charge on any atom is -0.493 e. The highest BCUT2D eigenvalue weighted by Crippen LogP contribution is 2.28. The van der Waals surface area contributed by atoms with Crippen molar-refractivity contribution < 1.29 is 19.0 Å². The first-order valence-corrected chi connectivity index (χ1v) is 12.8. The molecule has 0 aliphatic carbocycles. The number of halogens is 1. The quantitative estimate of drug-likeness (QED) is 0.270. The van der Waals surface area contributed by atoms with Gasteiger partial charge >= 0.3 is 0 Å². The normalized spacial score (nSPS) is 15.0. The summed E-state index contributed by atoms with van der Waals surface area (Å²) in [5, 5.41) is 0.643. The lowest BCUT2D eigenvalue weighted by molar-refractivity contribution is -0.117. The number of Topliss-reactive ketones (excluding diaryl/α,β-unsaturated/α-hetero) is 1. The van der Waals surface area contributed by atoms with Crippen LogP contribution < -0.4 is 9.47 Å². The lowest BCUT2D eigenvalue weighted by Crippen LogP contribution is -2.15. The number of aromatic nitrogens is 2. The van der Waals surface area contributed by atoms with Crippen molar-refractivity contribution in [2.45, 2.75) is 31.8 Å². The van der Waals surface area contributed by atoms with Gasteiger partial charge in [0.2, 0.25) is 0 Å². The number of para-hydroxylation sites is 1. The first kappa shape index (κ1) is 25.1. The molecule has 1 atom stereocenters. The van der Waals surface area contributed by atoms with E-state index in [0.29, 0.717) is 37.5 Å². The summed E-state index contributed by atoms with van der Waals surface area (Å²) in [7, 11) is 0. The van der Waals surface area contributed by atoms with Crippen LogP contribution in [0.2, 0.25) is 5.02 Å². The maximum absolute atomic E-state index is 12.8.